The minimum Gasteiger partial charge on any atom is -0.481 e. The molecule has 0 aromatic rings. The Kier molecular flexibility index (Phi) is 5.80. The van der Waals surface area contributed by atoms with Crippen molar-refractivity contribution in [1.29, 1.82) is 0 Å². The monoisotopic (exact) mass is 242 g/mol. The largest absolute Gasteiger partial charge is 0.481 e. The lowest BCUT2D eigenvalue weighted by Gasteiger charge is -2.31. The fourth-order valence-electron chi connectivity index (χ4n) is 2.10. The molecule has 2 N–H and O–H groups in total. The Bertz CT molecular complexity index is 260. The van der Waals surface area contributed by atoms with Gasteiger partial charge in [0.25, 0.3) is 0 Å². The zero-order valence-corrected chi connectivity index (χ0v) is 10.4. The van der Waals surface area contributed by atoms with E-state index in [9.17, 15) is 9.59 Å². The molecule has 0 atom stereocenters. The first-order valence-corrected chi connectivity index (χ1v) is 6.38. The molecule has 98 valence electrons. The van der Waals surface area contributed by atoms with Gasteiger partial charge < -0.3 is 15.3 Å². The molecule has 0 radical (unpaired) electrons. The number of carboxylic acids is 1. The van der Waals surface area contributed by atoms with E-state index in [1.165, 1.54) is 0 Å². The van der Waals surface area contributed by atoms with Gasteiger partial charge >= 0.3 is 12.0 Å². The highest BCUT2D eigenvalue weighted by molar-refractivity contribution is 5.74. The third-order valence-electron chi connectivity index (χ3n) is 3.19. The number of urea groups is 1. The highest BCUT2D eigenvalue weighted by atomic mass is 16.4. The van der Waals surface area contributed by atoms with Gasteiger partial charge in [0.15, 0.2) is 0 Å². The molecule has 0 aromatic heterocycles. The smallest absolute Gasteiger partial charge is 0.317 e. The number of carbonyl (C=O) groups is 2. The summed E-state index contributed by atoms with van der Waals surface area (Å²) in [7, 11) is 0. The van der Waals surface area contributed by atoms with E-state index in [4.69, 9.17) is 5.11 Å². The van der Waals surface area contributed by atoms with E-state index >= 15 is 0 Å². The lowest BCUT2D eigenvalue weighted by molar-refractivity contribution is -0.137. The SMILES string of the molecule is CCCNC(=O)N1CCC(CCC(=O)O)CC1. The van der Waals surface area contributed by atoms with Crippen LogP contribution in [0.2, 0.25) is 0 Å². The van der Waals surface area contributed by atoms with E-state index in [0.29, 0.717) is 5.92 Å². The van der Waals surface area contributed by atoms with Gasteiger partial charge in [-0.05, 0) is 31.6 Å². The molecule has 1 rings (SSSR count). The van der Waals surface area contributed by atoms with Crippen LogP contribution in [-0.4, -0.2) is 41.6 Å². The molecule has 1 aliphatic heterocycles. The number of piperidine rings is 1. The molecule has 1 fully saturated rings. The van der Waals surface area contributed by atoms with Gasteiger partial charge in [-0.25, -0.2) is 4.79 Å². The number of aliphatic carboxylic acids is 1. The van der Waals surface area contributed by atoms with Gasteiger partial charge in [0.05, 0.1) is 0 Å². The van der Waals surface area contributed by atoms with Crippen LogP contribution in [0.5, 0.6) is 0 Å². The van der Waals surface area contributed by atoms with Crippen molar-refractivity contribution < 1.29 is 14.7 Å². The van der Waals surface area contributed by atoms with E-state index in [-0.39, 0.29) is 12.5 Å². The Morgan fingerprint density at radius 3 is 2.53 bits per heavy atom. The van der Waals surface area contributed by atoms with E-state index in [1.54, 1.807) is 0 Å². The maximum Gasteiger partial charge on any atom is 0.317 e. The van der Waals surface area contributed by atoms with E-state index < -0.39 is 5.97 Å². The predicted molar refractivity (Wildman–Crippen MR) is 64.9 cm³/mol. The fraction of sp³-hybridized carbons (Fsp3) is 0.833. The normalized spacial score (nSPS) is 16.9. The summed E-state index contributed by atoms with van der Waals surface area (Å²) in [6.45, 7) is 4.25. The first-order chi connectivity index (χ1) is 8.13. The van der Waals surface area contributed by atoms with Crippen LogP contribution in [0.4, 0.5) is 4.79 Å². The fourth-order valence-corrected chi connectivity index (χ4v) is 2.10. The van der Waals surface area contributed by atoms with Gasteiger partial charge in [-0.1, -0.05) is 6.92 Å². The Hall–Kier alpha value is -1.26. The molecule has 0 aliphatic carbocycles. The molecule has 5 heteroatoms. The van der Waals surface area contributed by atoms with Gasteiger partial charge in [0.2, 0.25) is 0 Å². The molecule has 1 aliphatic rings. The third-order valence-corrected chi connectivity index (χ3v) is 3.19. The topological polar surface area (TPSA) is 69.6 Å². The van der Waals surface area contributed by atoms with Crippen LogP contribution in [-0.2, 0) is 4.79 Å². The van der Waals surface area contributed by atoms with Crippen molar-refractivity contribution >= 4 is 12.0 Å². The number of rotatable bonds is 5. The van der Waals surface area contributed by atoms with Crippen LogP contribution in [0.1, 0.15) is 39.0 Å². The number of amides is 2. The number of nitrogens with one attached hydrogen (secondary N) is 1. The van der Waals surface area contributed by atoms with Crippen molar-refractivity contribution in [2.75, 3.05) is 19.6 Å². The summed E-state index contributed by atoms with van der Waals surface area (Å²) < 4.78 is 0. The van der Waals surface area contributed by atoms with Gasteiger partial charge in [-0.3, -0.25) is 4.79 Å². The van der Waals surface area contributed by atoms with Crippen molar-refractivity contribution in [3.05, 3.63) is 0 Å². The van der Waals surface area contributed by atoms with Crippen LogP contribution in [0.15, 0.2) is 0 Å². The molecule has 0 bridgehead atoms. The van der Waals surface area contributed by atoms with Gasteiger partial charge in [-0.2, -0.15) is 0 Å². The minimum atomic E-state index is -0.729. The summed E-state index contributed by atoms with van der Waals surface area (Å²) in [4.78, 5) is 23.9. The average Bonchev–Trinajstić information content (AvgIpc) is 2.34. The molecule has 1 saturated heterocycles. The third kappa shape index (κ3) is 5.06. The molecular weight excluding hydrogens is 220 g/mol. The van der Waals surface area contributed by atoms with E-state index in [1.807, 2.05) is 11.8 Å². The summed E-state index contributed by atoms with van der Waals surface area (Å²) in [6, 6.07) is 0.0172. The second-order valence-electron chi connectivity index (χ2n) is 4.59. The standard InChI is InChI=1S/C12H22N2O3/c1-2-7-13-12(17)14-8-5-10(6-9-14)3-4-11(15)16/h10H,2-9H2,1H3,(H,13,17)(H,15,16). The second kappa shape index (κ2) is 7.14. The van der Waals surface area contributed by atoms with Crippen molar-refractivity contribution in [3.8, 4) is 0 Å². The lowest BCUT2D eigenvalue weighted by Crippen LogP contribution is -2.44. The predicted octanol–water partition coefficient (Wildman–Crippen LogP) is 1.68. The molecule has 0 spiro atoms. The number of nitrogens with zero attached hydrogens (tertiary/aromatic N) is 1. The van der Waals surface area contributed by atoms with Crippen LogP contribution < -0.4 is 5.32 Å². The maximum absolute atomic E-state index is 11.7. The van der Waals surface area contributed by atoms with Gasteiger partial charge in [-0.15, -0.1) is 0 Å². The Labute approximate surface area is 102 Å². The molecule has 0 saturated carbocycles. The van der Waals surface area contributed by atoms with Crippen LogP contribution >= 0.6 is 0 Å². The molecule has 17 heavy (non-hydrogen) atoms. The zero-order chi connectivity index (χ0) is 12.7. The van der Waals surface area contributed by atoms with E-state index in [0.717, 1.165) is 45.3 Å². The number of hydrogen-bond donors (Lipinski definition) is 2. The number of carboxylic acid groups (broad SMARTS) is 1. The summed E-state index contributed by atoms with van der Waals surface area (Å²) >= 11 is 0. The lowest BCUT2D eigenvalue weighted by atomic mass is 9.92. The molecule has 0 unspecified atom stereocenters. The molecule has 0 aromatic carbocycles. The second-order valence-corrected chi connectivity index (χ2v) is 4.59. The number of carbonyl (C=O) groups excluding carboxylic acids is 1. The first-order valence-electron chi connectivity index (χ1n) is 6.38. The van der Waals surface area contributed by atoms with Crippen LogP contribution in [0.3, 0.4) is 0 Å². The summed E-state index contributed by atoms with van der Waals surface area (Å²) in [5.74, 6) is -0.269. The van der Waals surface area contributed by atoms with Crippen molar-refractivity contribution in [3.63, 3.8) is 0 Å². The van der Waals surface area contributed by atoms with Crippen molar-refractivity contribution in [2.45, 2.75) is 39.0 Å². The molecular formula is C12H22N2O3. The van der Waals surface area contributed by atoms with Gasteiger partial charge in [0, 0.05) is 26.1 Å². The Balaban J connectivity index is 2.20. The highest BCUT2D eigenvalue weighted by Crippen LogP contribution is 2.21. The summed E-state index contributed by atoms with van der Waals surface area (Å²) in [6.07, 6.45) is 3.77. The zero-order valence-electron chi connectivity index (χ0n) is 10.4. The first kappa shape index (κ1) is 13.8. The van der Waals surface area contributed by atoms with Crippen LogP contribution in [0, 0.1) is 5.92 Å². The minimum absolute atomic E-state index is 0.0172. The van der Waals surface area contributed by atoms with E-state index in [2.05, 4.69) is 5.32 Å². The number of likely N-dealkylation sites (tertiary alicyclic amines) is 1. The van der Waals surface area contributed by atoms with Crippen molar-refractivity contribution in [2.24, 2.45) is 5.92 Å². The van der Waals surface area contributed by atoms with Crippen LogP contribution in [0.25, 0.3) is 0 Å². The Morgan fingerprint density at radius 2 is 2.00 bits per heavy atom. The van der Waals surface area contributed by atoms with Crippen molar-refractivity contribution in [1.82, 2.24) is 10.2 Å². The maximum atomic E-state index is 11.7. The molecule has 1 heterocycles. The Morgan fingerprint density at radius 1 is 1.35 bits per heavy atom. The quantitative estimate of drug-likeness (QED) is 0.770. The molecule has 2 amide bonds. The average molecular weight is 242 g/mol. The summed E-state index contributed by atoms with van der Waals surface area (Å²) in [5, 5.41) is 11.5. The summed E-state index contributed by atoms with van der Waals surface area (Å²) in [5.41, 5.74) is 0. The van der Waals surface area contributed by atoms with Gasteiger partial charge in [0.1, 0.15) is 0 Å². The molecule has 5 nitrogen and oxygen atoms in total. The highest BCUT2D eigenvalue weighted by Gasteiger charge is 2.22. The number of hydrogen-bond acceptors (Lipinski definition) is 2.